The lowest BCUT2D eigenvalue weighted by molar-refractivity contribution is -0.147. The molecule has 1 aliphatic rings. The Hall–Kier alpha value is -2.22. The van der Waals surface area contributed by atoms with E-state index in [0.29, 0.717) is 24.3 Å². The molecule has 110 valence electrons. The van der Waals surface area contributed by atoms with E-state index in [0.717, 1.165) is 0 Å². The number of carboxylic acids is 1. The number of fused-ring (bicyclic) bond motifs is 1. The van der Waals surface area contributed by atoms with Crippen molar-refractivity contribution in [2.75, 3.05) is 6.54 Å². The molecule has 2 aromatic rings. The van der Waals surface area contributed by atoms with Gasteiger partial charge < -0.3 is 10.0 Å². The first-order valence-corrected chi connectivity index (χ1v) is 7.33. The molecule has 3 rings (SSSR count). The van der Waals surface area contributed by atoms with Crippen LogP contribution in [-0.4, -0.2) is 43.4 Å². The van der Waals surface area contributed by atoms with Crippen LogP contribution in [0, 0.1) is 0 Å². The van der Waals surface area contributed by atoms with Gasteiger partial charge in [0.1, 0.15) is 11.1 Å². The SMILES string of the molecule is CC1(C(=O)O)CCCN1C(=O)c1cnc2sccn2c1=O. The Morgan fingerprint density at radius 1 is 1.48 bits per heavy atom. The summed E-state index contributed by atoms with van der Waals surface area (Å²) in [7, 11) is 0. The fraction of sp³-hybridized carbons (Fsp3) is 0.385. The van der Waals surface area contributed by atoms with Crippen LogP contribution in [0.15, 0.2) is 22.6 Å². The van der Waals surface area contributed by atoms with Gasteiger partial charge >= 0.3 is 5.97 Å². The first-order valence-electron chi connectivity index (χ1n) is 6.45. The van der Waals surface area contributed by atoms with Gasteiger partial charge in [-0.05, 0) is 19.8 Å². The van der Waals surface area contributed by atoms with Crippen molar-refractivity contribution in [2.24, 2.45) is 0 Å². The predicted octanol–water partition coefficient (Wildman–Crippen LogP) is 0.835. The third kappa shape index (κ3) is 1.94. The normalized spacial score (nSPS) is 21.9. The molecule has 2 aromatic heterocycles. The number of amides is 1. The molecule has 0 spiro atoms. The number of aliphatic carboxylic acids is 1. The zero-order chi connectivity index (χ0) is 15.2. The summed E-state index contributed by atoms with van der Waals surface area (Å²) < 4.78 is 1.30. The molecule has 0 saturated carbocycles. The number of carbonyl (C=O) groups excluding carboxylic acids is 1. The highest BCUT2D eigenvalue weighted by Crippen LogP contribution is 2.30. The van der Waals surface area contributed by atoms with E-state index in [4.69, 9.17) is 0 Å². The van der Waals surface area contributed by atoms with Crippen LogP contribution in [0.4, 0.5) is 0 Å². The Morgan fingerprint density at radius 2 is 2.24 bits per heavy atom. The zero-order valence-electron chi connectivity index (χ0n) is 11.3. The molecule has 8 heteroatoms. The van der Waals surface area contributed by atoms with Crippen molar-refractivity contribution in [1.29, 1.82) is 0 Å². The van der Waals surface area contributed by atoms with Crippen LogP contribution in [0.5, 0.6) is 0 Å². The topological polar surface area (TPSA) is 92.0 Å². The van der Waals surface area contributed by atoms with Crippen molar-refractivity contribution >= 4 is 28.2 Å². The molecular weight excluding hydrogens is 294 g/mol. The van der Waals surface area contributed by atoms with Crippen LogP contribution in [0.1, 0.15) is 30.1 Å². The van der Waals surface area contributed by atoms with E-state index in [9.17, 15) is 19.5 Å². The second-order valence-electron chi connectivity index (χ2n) is 5.17. The maximum absolute atomic E-state index is 12.6. The lowest BCUT2D eigenvalue weighted by Crippen LogP contribution is -2.51. The molecule has 1 aliphatic heterocycles. The summed E-state index contributed by atoms with van der Waals surface area (Å²) >= 11 is 1.29. The summed E-state index contributed by atoms with van der Waals surface area (Å²) in [6.07, 6.45) is 3.76. The van der Waals surface area contributed by atoms with Crippen molar-refractivity contribution in [1.82, 2.24) is 14.3 Å². The highest BCUT2D eigenvalue weighted by Gasteiger charge is 2.46. The monoisotopic (exact) mass is 307 g/mol. The number of nitrogens with zero attached hydrogens (tertiary/aromatic N) is 3. The summed E-state index contributed by atoms with van der Waals surface area (Å²) in [5.74, 6) is -1.63. The highest BCUT2D eigenvalue weighted by molar-refractivity contribution is 7.15. The summed E-state index contributed by atoms with van der Waals surface area (Å²) in [6, 6.07) is 0. The smallest absolute Gasteiger partial charge is 0.329 e. The number of hydrogen-bond acceptors (Lipinski definition) is 5. The fourth-order valence-electron chi connectivity index (χ4n) is 2.63. The van der Waals surface area contributed by atoms with Crippen LogP contribution >= 0.6 is 11.3 Å². The number of rotatable bonds is 2. The quantitative estimate of drug-likeness (QED) is 0.887. The Labute approximate surface area is 123 Å². The maximum atomic E-state index is 12.6. The minimum Gasteiger partial charge on any atom is -0.480 e. The molecule has 0 bridgehead atoms. The second-order valence-corrected chi connectivity index (χ2v) is 6.04. The fourth-order valence-corrected chi connectivity index (χ4v) is 3.30. The number of carboxylic acid groups (broad SMARTS) is 1. The third-order valence-electron chi connectivity index (χ3n) is 3.92. The van der Waals surface area contributed by atoms with Gasteiger partial charge in [0, 0.05) is 24.3 Å². The molecule has 1 N–H and O–H groups in total. The summed E-state index contributed by atoms with van der Waals surface area (Å²) in [5, 5.41) is 11.1. The van der Waals surface area contributed by atoms with Crippen LogP contribution in [0.2, 0.25) is 0 Å². The zero-order valence-corrected chi connectivity index (χ0v) is 12.1. The van der Waals surface area contributed by atoms with Crippen molar-refractivity contribution in [2.45, 2.75) is 25.3 Å². The lowest BCUT2D eigenvalue weighted by atomic mass is 9.99. The first kappa shape index (κ1) is 13.7. The van der Waals surface area contributed by atoms with Gasteiger partial charge in [-0.2, -0.15) is 0 Å². The van der Waals surface area contributed by atoms with Crippen molar-refractivity contribution < 1.29 is 14.7 Å². The molecule has 1 atom stereocenters. The van der Waals surface area contributed by atoms with Gasteiger partial charge in [0.2, 0.25) is 0 Å². The molecule has 1 fully saturated rings. The predicted molar refractivity (Wildman–Crippen MR) is 75.7 cm³/mol. The highest BCUT2D eigenvalue weighted by atomic mass is 32.1. The standard InChI is InChI=1S/C13H13N3O4S/c1-13(11(19)20)3-2-4-16(13)10(18)8-7-14-12-15(9(8)17)5-6-21-12/h5-7H,2-4H2,1H3,(H,19,20). The number of likely N-dealkylation sites (tertiary alicyclic amines) is 1. The van der Waals surface area contributed by atoms with E-state index in [2.05, 4.69) is 4.98 Å². The summed E-state index contributed by atoms with van der Waals surface area (Å²) in [5.41, 5.74) is -1.83. The molecule has 3 heterocycles. The van der Waals surface area contributed by atoms with Crippen LogP contribution in [0.25, 0.3) is 4.96 Å². The molecule has 0 aliphatic carbocycles. The number of thiazole rings is 1. The number of carbonyl (C=O) groups is 2. The second kappa shape index (κ2) is 4.66. The molecule has 7 nitrogen and oxygen atoms in total. The first-order chi connectivity index (χ1) is 9.95. The molecule has 1 unspecified atom stereocenters. The average Bonchev–Trinajstić information content (AvgIpc) is 3.06. The van der Waals surface area contributed by atoms with E-state index in [1.54, 1.807) is 11.6 Å². The van der Waals surface area contributed by atoms with Gasteiger partial charge in [0.05, 0.1) is 0 Å². The van der Waals surface area contributed by atoms with Gasteiger partial charge in [-0.3, -0.25) is 14.0 Å². The van der Waals surface area contributed by atoms with E-state index < -0.39 is 23.0 Å². The van der Waals surface area contributed by atoms with Crippen molar-refractivity contribution in [3.8, 4) is 0 Å². The Morgan fingerprint density at radius 3 is 2.95 bits per heavy atom. The Bertz CT molecular complexity index is 796. The number of hydrogen-bond donors (Lipinski definition) is 1. The van der Waals surface area contributed by atoms with E-state index in [1.807, 2.05) is 0 Å². The van der Waals surface area contributed by atoms with Crippen LogP contribution in [-0.2, 0) is 4.79 Å². The average molecular weight is 307 g/mol. The summed E-state index contributed by atoms with van der Waals surface area (Å²) in [4.78, 5) is 42.1. The maximum Gasteiger partial charge on any atom is 0.329 e. The Kier molecular flexibility index (Phi) is 3.05. The summed E-state index contributed by atoms with van der Waals surface area (Å²) in [6.45, 7) is 1.84. The molecule has 0 radical (unpaired) electrons. The van der Waals surface area contributed by atoms with Crippen LogP contribution in [0.3, 0.4) is 0 Å². The van der Waals surface area contributed by atoms with E-state index in [1.165, 1.54) is 33.8 Å². The third-order valence-corrected chi connectivity index (χ3v) is 4.69. The molecule has 21 heavy (non-hydrogen) atoms. The van der Waals surface area contributed by atoms with Gasteiger partial charge in [0.15, 0.2) is 4.96 Å². The van der Waals surface area contributed by atoms with E-state index in [-0.39, 0.29) is 5.56 Å². The number of aromatic nitrogens is 2. The van der Waals surface area contributed by atoms with Gasteiger partial charge in [-0.1, -0.05) is 0 Å². The van der Waals surface area contributed by atoms with Crippen molar-refractivity contribution in [3.05, 3.63) is 33.7 Å². The van der Waals surface area contributed by atoms with Gasteiger partial charge in [-0.15, -0.1) is 11.3 Å². The Balaban J connectivity index is 2.06. The lowest BCUT2D eigenvalue weighted by Gasteiger charge is -2.30. The van der Waals surface area contributed by atoms with Gasteiger partial charge in [0.25, 0.3) is 11.5 Å². The van der Waals surface area contributed by atoms with Gasteiger partial charge in [-0.25, -0.2) is 9.78 Å². The molecule has 1 saturated heterocycles. The molecular formula is C13H13N3O4S. The minimum absolute atomic E-state index is 0.0970. The van der Waals surface area contributed by atoms with E-state index >= 15 is 0 Å². The molecule has 1 amide bonds. The minimum atomic E-state index is -1.27. The van der Waals surface area contributed by atoms with Crippen molar-refractivity contribution in [3.63, 3.8) is 0 Å². The van der Waals surface area contributed by atoms with Crippen LogP contribution < -0.4 is 5.56 Å². The molecule has 0 aromatic carbocycles. The largest absolute Gasteiger partial charge is 0.480 e.